The van der Waals surface area contributed by atoms with Crippen molar-refractivity contribution in [2.45, 2.75) is 65.5 Å². The van der Waals surface area contributed by atoms with Crippen LogP contribution in [-0.2, 0) is 4.79 Å². The van der Waals surface area contributed by atoms with Gasteiger partial charge in [0.2, 0.25) is 0 Å². The van der Waals surface area contributed by atoms with Crippen molar-refractivity contribution in [1.82, 2.24) is 5.32 Å². The monoisotopic (exact) mass is 358 g/mol. The summed E-state index contributed by atoms with van der Waals surface area (Å²) in [6.45, 7) is 13.4. The molecule has 1 aromatic rings. The summed E-state index contributed by atoms with van der Waals surface area (Å²) in [5.41, 5.74) is 4.86. The summed E-state index contributed by atoms with van der Waals surface area (Å²) >= 11 is 0.972. The molecule has 1 saturated heterocycles. The Bertz CT molecular complexity index is 780. The summed E-state index contributed by atoms with van der Waals surface area (Å²) < 4.78 is 0. The smallest absolute Gasteiger partial charge is 0.290 e. The number of fused-ring (bicyclic) bond motifs is 1. The Morgan fingerprint density at radius 2 is 2.00 bits per heavy atom. The van der Waals surface area contributed by atoms with Gasteiger partial charge in [-0.15, -0.1) is 0 Å². The summed E-state index contributed by atoms with van der Waals surface area (Å²) in [6.07, 6.45) is 2.93. The van der Waals surface area contributed by atoms with Crippen LogP contribution in [0.15, 0.2) is 17.0 Å². The molecule has 1 N–H and O–H groups in total. The summed E-state index contributed by atoms with van der Waals surface area (Å²) in [6, 6.07) is 4.85. The number of hydrogen-bond donors (Lipinski definition) is 1. The van der Waals surface area contributed by atoms with Gasteiger partial charge in [-0.2, -0.15) is 0 Å². The number of imide groups is 1. The second kappa shape index (κ2) is 6.20. The lowest BCUT2D eigenvalue weighted by atomic mass is 9.78. The number of anilines is 1. The molecule has 2 aliphatic heterocycles. The van der Waals surface area contributed by atoms with Gasteiger partial charge in [-0.25, -0.2) is 0 Å². The van der Waals surface area contributed by atoms with Gasteiger partial charge in [0.05, 0.1) is 4.91 Å². The van der Waals surface area contributed by atoms with Gasteiger partial charge in [0.1, 0.15) is 0 Å². The zero-order valence-corrected chi connectivity index (χ0v) is 16.6. The van der Waals surface area contributed by atoms with E-state index in [1.165, 1.54) is 11.3 Å². The maximum Gasteiger partial charge on any atom is 0.290 e. The van der Waals surface area contributed by atoms with Crippen LogP contribution in [0.2, 0.25) is 0 Å². The van der Waals surface area contributed by atoms with Gasteiger partial charge in [0.15, 0.2) is 0 Å². The molecule has 0 radical (unpaired) electrons. The van der Waals surface area contributed by atoms with Crippen LogP contribution in [-0.4, -0.2) is 22.7 Å². The molecule has 2 aliphatic rings. The molecule has 0 aliphatic carbocycles. The van der Waals surface area contributed by atoms with Crippen molar-refractivity contribution >= 4 is 34.7 Å². The van der Waals surface area contributed by atoms with E-state index in [4.69, 9.17) is 0 Å². The highest BCUT2D eigenvalue weighted by Crippen LogP contribution is 2.45. The van der Waals surface area contributed by atoms with Crippen LogP contribution in [0, 0.1) is 6.92 Å². The number of hydrogen-bond acceptors (Lipinski definition) is 4. The molecule has 1 aromatic carbocycles. The summed E-state index contributed by atoms with van der Waals surface area (Å²) in [5, 5.41) is 2.02. The predicted molar refractivity (Wildman–Crippen MR) is 105 cm³/mol. The van der Waals surface area contributed by atoms with Gasteiger partial charge < -0.3 is 4.90 Å². The van der Waals surface area contributed by atoms with Crippen molar-refractivity contribution in [3.8, 4) is 0 Å². The highest BCUT2D eigenvalue weighted by molar-refractivity contribution is 8.18. The Balaban J connectivity index is 2.10. The minimum absolute atomic E-state index is 0.112. The van der Waals surface area contributed by atoms with Crippen LogP contribution in [0.25, 0.3) is 6.08 Å². The zero-order chi connectivity index (χ0) is 18.5. The molecule has 0 spiro atoms. The fourth-order valence-electron chi connectivity index (χ4n) is 4.31. The summed E-state index contributed by atoms with van der Waals surface area (Å²) in [4.78, 5) is 26.2. The Morgan fingerprint density at radius 3 is 2.56 bits per heavy atom. The van der Waals surface area contributed by atoms with Crippen molar-refractivity contribution in [2.75, 3.05) is 4.90 Å². The van der Waals surface area contributed by atoms with E-state index < -0.39 is 0 Å². The van der Waals surface area contributed by atoms with Gasteiger partial charge in [-0.1, -0.05) is 6.92 Å². The van der Waals surface area contributed by atoms with Gasteiger partial charge in [-0.3, -0.25) is 14.9 Å². The fraction of sp³-hybridized carbons (Fsp3) is 0.500. The molecule has 4 nitrogen and oxygen atoms in total. The molecule has 25 heavy (non-hydrogen) atoms. The SMILES string of the molecule is Cc1cc2c(cc1/C=C1/SC(=O)NC1=O)[C@H](C)CC(C)(C)N2C(C)C. The van der Waals surface area contributed by atoms with E-state index in [9.17, 15) is 9.59 Å². The fourth-order valence-corrected chi connectivity index (χ4v) is 4.98. The maximum atomic E-state index is 11.9. The number of carbonyl (C=O) groups excluding carboxylic acids is 2. The van der Waals surface area contributed by atoms with Crippen molar-refractivity contribution in [2.24, 2.45) is 0 Å². The van der Waals surface area contributed by atoms with E-state index in [0.29, 0.717) is 16.9 Å². The number of carbonyl (C=O) groups is 2. The molecular weight excluding hydrogens is 332 g/mol. The highest BCUT2D eigenvalue weighted by atomic mass is 32.2. The number of thioether (sulfide) groups is 1. The van der Waals surface area contributed by atoms with E-state index in [1.54, 1.807) is 0 Å². The molecule has 0 aromatic heterocycles. The predicted octanol–water partition coefficient (Wildman–Crippen LogP) is 4.82. The summed E-state index contributed by atoms with van der Waals surface area (Å²) in [7, 11) is 0. The largest absolute Gasteiger partial charge is 0.364 e. The first kappa shape index (κ1) is 18.1. The third-order valence-electron chi connectivity index (χ3n) is 5.11. The van der Waals surface area contributed by atoms with E-state index in [-0.39, 0.29) is 16.7 Å². The van der Waals surface area contributed by atoms with Gasteiger partial charge >= 0.3 is 0 Å². The third-order valence-corrected chi connectivity index (χ3v) is 5.92. The third kappa shape index (κ3) is 3.22. The molecule has 3 rings (SSSR count). The molecule has 2 heterocycles. The van der Waals surface area contributed by atoms with Crippen LogP contribution < -0.4 is 10.2 Å². The molecule has 134 valence electrons. The first-order valence-corrected chi connectivity index (χ1v) is 9.60. The number of rotatable bonds is 2. The maximum absolute atomic E-state index is 11.9. The average Bonchev–Trinajstić information content (AvgIpc) is 2.77. The van der Waals surface area contributed by atoms with Crippen molar-refractivity contribution in [3.05, 3.63) is 33.7 Å². The van der Waals surface area contributed by atoms with Gasteiger partial charge in [-0.05, 0) is 93.6 Å². The lowest BCUT2D eigenvalue weighted by Crippen LogP contribution is -2.51. The van der Waals surface area contributed by atoms with Crippen molar-refractivity contribution < 1.29 is 9.59 Å². The van der Waals surface area contributed by atoms with E-state index in [1.807, 2.05) is 6.08 Å². The number of benzene rings is 1. The molecular formula is C20H26N2O2S. The number of nitrogens with one attached hydrogen (secondary N) is 1. The topological polar surface area (TPSA) is 49.4 Å². The van der Waals surface area contributed by atoms with Crippen LogP contribution in [0.3, 0.4) is 0 Å². The molecule has 1 atom stereocenters. The van der Waals surface area contributed by atoms with Crippen molar-refractivity contribution in [3.63, 3.8) is 0 Å². The van der Waals surface area contributed by atoms with Gasteiger partial charge in [0.25, 0.3) is 11.1 Å². The van der Waals surface area contributed by atoms with Gasteiger partial charge in [0, 0.05) is 17.3 Å². The second-order valence-electron chi connectivity index (χ2n) is 8.00. The minimum Gasteiger partial charge on any atom is -0.364 e. The minimum atomic E-state index is -0.301. The quantitative estimate of drug-likeness (QED) is 0.770. The zero-order valence-electron chi connectivity index (χ0n) is 15.8. The van der Waals surface area contributed by atoms with Crippen LogP contribution in [0.4, 0.5) is 10.5 Å². The van der Waals surface area contributed by atoms with Crippen LogP contribution in [0.1, 0.15) is 63.6 Å². The Kier molecular flexibility index (Phi) is 4.48. The molecule has 5 heteroatoms. The average molecular weight is 359 g/mol. The Hall–Kier alpha value is -1.75. The Morgan fingerprint density at radius 1 is 1.32 bits per heavy atom. The number of aryl methyl sites for hydroxylation is 1. The number of nitrogens with zero attached hydrogens (tertiary/aromatic N) is 1. The number of amides is 2. The van der Waals surface area contributed by atoms with Crippen LogP contribution >= 0.6 is 11.8 Å². The molecule has 2 amide bonds. The second-order valence-corrected chi connectivity index (χ2v) is 9.02. The standard InChI is InChI=1S/C20H26N2O2S/c1-11(2)22-16-7-12(3)14(9-17-18(23)21-19(24)25-17)8-15(16)13(4)10-20(22,5)6/h7-9,11,13H,10H2,1-6H3,(H,21,23,24)/b17-9+/t13-/m1/s1. The lowest BCUT2D eigenvalue weighted by Gasteiger charge is -2.50. The molecule has 0 unspecified atom stereocenters. The van der Waals surface area contributed by atoms with E-state index in [2.05, 4.69) is 63.9 Å². The van der Waals surface area contributed by atoms with E-state index in [0.717, 1.165) is 29.3 Å². The van der Waals surface area contributed by atoms with Crippen molar-refractivity contribution in [1.29, 1.82) is 0 Å². The molecule has 0 bridgehead atoms. The molecule has 0 saturated carbocycles. The van der Waals surface area contributed by atoms with E-state index >= 15 is 0 Å². The molecule has 1 fully saturated rings. The lowest BCUT2D eigenvalue weighted by molar-refractivity contribution is -0.115. The first-order valence-electron chi connectivity index (χ1n) is 8.79. The summed E-state index contributed by atoms with van der Waals surface area (Å²) in [5.74, 6) is 0.148. The Labute approximate surface area is 154 Å². The normalized spacial score (nSPS) is 24.0. The van der Waals surface area contributed by atoms with Crippen LogP contribution in [0.5, 0.6) is 0 Å². The highest BCUT2D eigenvalue weighted by Gasteiger charge is 2.38. The first-order chi connectivity index (χ1) is 11.6.